The molecule has 1 heterocycles. The Labute approximate surface area is 162 Å². The Morgan fingerprint density at radius 2 is 1.12 bits per heavy atom. The van der Waals surface area contributed by atoms with E-state index in [-0.39, 0.29) is 5.97 Å². The van der Waals surface area contributed by atoms with Crippen molar-refractivity contribution in [3.8, 4) is 0 Å². The van der Waals surface area contributed by atoms with Gasteiger partial charge in [0.1, 0.15) is 0 Å². The van der Waals surface area contributed by atoms with Gasteiger partial charge < -0.3 is 9.47 Å². The number of unbranched alkanes of at least 4 members (excludes halogenated alkanes) is 13. The Hall–Kier alpha value is -0.570. The molecule has 3 heteroatoms. The van der Waals surface area contributed by atoms with Crippen molar-refractivity contribution in [2.45, 2.75) is 135 Å². The molecule has 0 bridgehead atoms. The maximum atomic E-state index is 11.0. The van der Waals surface area contributed by atoms with E-state index in [0.717, 1.165) is 12.8 Å². The average Bonchev–Trinajstić information content (AvgIpc) is 3.40. The van der Waals surface area contributed by atoms with Gasteiger partial charge in [0.2, 0.25) is 0 Å². The third-order valence-electron chi connectivity index (χ3n) is 5.63. The topological polar surface area (TPSA) is 38.8 Å². The van der Waals surface area contributed by atoms with Crippen molar-refractivity contribution < 1.29 is 14.3 Å². The number of rotatable bonds is 19. The normalized spacial score (nSPS) is 18.8. The summed E-state index contributed by atoms with van der Waals surface area (Å²) in [5, 5.41) is 0. The molecule has 1 saturated heterocycles. The molecule has 2 unspecified atom stereocenters. The lowest BCUT2D eigenvalue weighted by molar-refractivity contribution is -0.140. The molecule has 2 atom stereocenters. The van der Waals surface area contributed by atoms with Gasteiger partial charge in [-0.25, -0.2) is 0 Å². The number of carbonyl (C=O) groups is 1. The molecular formula is C23H44O3. The molecule has 1 rings (SSSR count). The number of ether oxygens (including phenoxy) is 2. The van der Waals surface area contributed by atoms with Gasteiger partial charge in [-0.3, -0.25) is 4.79 Å². The van der Waals surface area contributed by atoms with Gasteiger partial charge in [0.05, 0.1) is 19.3 Å². The van der Waals surface area contributed by atoms with Crippen LogP contribution in [0.15, 0.2) is 0 Å². The molecule has 1 aliphatic heterocycles. The molecular weight excluding hydrogens is 324 g/mol. The largest absolute Gasteiger partial charge is 0.469 e. The van der Waals surface area contributed by atoms with E-state index in [1.54, 1.807) is 0 Å². The highest BCUT2D eigenvalue weighted by Gasteiger charge is 2.36. The van der Waals surface area contributed by atoms with E-state index in [1.807, 2.05) is 0 Å². The second kappa shape index (κ2) is 16.6. The van der Waals surface area contributed by atoms with Crippen LogP contribution in [0.2, 0.25) is 0 Å². The standard InChI is InChI=1S/C23H44O3/c1-3-4-5-6-12-15-18-21-22(26-21)19-16-13-10-8-7-9-11-14-17-20-23(24)25-2/h21-22H,3-20H2,1-2H3. The molecule has 0 saturated carbocycles. The predicted molar refractivity (Wildman–Crippen MR) is 109 cm³/mol. The third-order valence-corrected chi connectivity index (χ3v) is 5.63. The van der Waals surface area contributed by atoms with Crippen LogP contribution in [0.3, 0.4) is 0 Å². The predicted octanol–water partition coefficient (Wildman–Crippen LogP) is 6.97. The second-order valence-electron chi connectivity index (χ2n) is 8.07. The summed E-state index contributed by atoms with van der Waals surface area (Å²) in [6.07, 6.45) is 24.2. The van der Waals surface area contributed by atoms with Crippen molar-refractivity contribution in [2.24, 2.45) is 0 Å². The Kier molecular flexibility index (Phi) is 15.0. The average molecular weight is 369 g/mol. The zero-order chi connectivity index (χ0) is 18.9. The molecule has 1 aliphatic rings. The van der Waals surface area contributed by atoms with Crippen LogP contribution in [0.25, 0.3) is 0 Å². The minimum Gasteiger partial charge on any atom is -0.469 e. The molecule has 26 heavy (non-hydrogen) atoms. The number of carbonyl (C=O) groups excluding carboxylic acids is 1. The van der Waals surface area contributed by atoms with Gasteiger partial charge in [-0.1, -0.05) is 96.8 Å². The van der Waals surface area contributed by atoms with Crippen LogP contribution in [-0.2, 0) is 14.3 Å². The van der Waals surface area contributed by atoms with E-state index in [0.29, 0.717) is 18.6 Å². The van der Waals surface area contributed by atoms with E-state index < -0.39 is 0 Å². The molecule has 0 radical (unpaired) electrons. The number of methoxy groups -OCH3 is 1. The summed E-state index contributed by atoms with van der Waals surface area (Å²) < 4.78 is 10.5. The first-order chi connectivity index (χ1) is 12.8. The van der Waals surface area contributed by atoms with E-state index in [9.17, 15) is 4.79 Å². The first-order valence-corrected chi connectivity index (χ1v) is 11.5. The molecule has 0 aliphatic carbocycles. The van der Waals surface area contributed by atoms with Crippen molar-refractivity contribution in [3.63, 3.8) is 0 Å². The summed E-state index contributed by atoms with van der Waals surface area (Å²) in [4.78, 5) is 11.0. The van der Waals surface area contributed by atoms with Gasteiger partial charge >= 0.3 is 5.97 Å². The van der Waals surface area contributed by atoms with Crippen LogP contribution < -0.4 is 0 Å². The highest BCUT2D eigenvalue weighted by molar-refractivity contribution is 5.68. The van der Waals surface area contributed by atoms with Gasteiger partial charge in [-0.2, -0.15) is 0 Å². The SMILES string of the molecule is CCCCCCCCC1OC1CCCCCCCCCCCC(=O)OC. The molecule has 3 nitrogen and oxygen atoms in total. The van der Waals surface area contributed by atoms with Crippen LogP contribution in [-0.4, -0.2) is 25.3 Å². The molecule has 0 aromatic carbocycles. The first-order valence-electron chi connectivity index (χ1n) is 11.5. The quantitative estimate of drug-likeness (QED) is 0.140. The third kappa shape index (κ3) is 13.6. The summed E-state index contributed by atoms with van der Waals surface area (Å²) >= 11 is 0. The van der Waals surface area contributed by atoms with Crippen molar-refractivity contribution in [1.82, 2.24) is 0 Å². The van der Waals surface area contributed by atoms with Crippen molar-refractivity contribution in [3.05, 3.63) is 0 Å². The maximum Gasteiger partial charge on any atom is 0.305 e. The number of esters is 1. The second-order valence-corrected chi connectivity index (χ2v) is 8.07. The minimum absolute atomic E-state index is 0.0705. The maximum absolute atomic E-state index is 11.0. The Morgan fingerprint density at radius 3 is 1.58 bits per heavy atom. The molecule has 154 valence electrons. The van der Waals surface area contributed by atoms with Gasteiger partial charge in [0.15, 0.2) is 0 Å². The molecule has 0 aromatic heterocycles. The zero-order valence-corrected chi connectivity index (χ0v) is 17.6. The summed E-state index contributed by atoms with van der Waals surface area (Å²) in [6, 6.07) is 0. The lowest BCUT2D eigenvalue weighted by atomic mass is 10.0. The number of epoxide rings is 1. The summed E-state index contributed by atoms with van der Waals surface area (Å²) in [6.45, 7) is 2.28. The molecule has 1 fully saturated rings. The summed E-state index contributed by atoms with van der Waals surface area (Å²) in [5.41, 5.74) is 0. The lowest BCUT2D eigenvalue weighted by Crippen LogP contribution is -1.99. The molecule has 0 amide bonds. The number of hydrogen-bond acceptors (Lipinski definition) is 3. The van der Waals surface area contributed by atoms with Gasteiger partial charge in [0.25, 0.3) is 0 Å². The van der Waals surface area contributed by atoms with Crippen LogP contribution in [0.4, 0.5) is 0 Å². The highest BCUT2D eigenvalue weighted by atomic mass is 16.6. The summed E-state index contributed by atoms with van der Waals surface area (Å²) in [5.74, 6) is -0.0705. The summed E-state index contributed by atoms with van der Waals surface area (Å²) in [7, 11) is 1.47. The van der Waals surface area contributed by atoms with Gasteiger partial charge in [-0.15, -0.1) is 0 Å². The Balaban J connectivity index is 1.72. The fourth-order valence-corrected chi connectivity index (χ4v) is 3.77. The highest BCUT2D eigenvalue weighted by Crippen LogP contribution is 2.31. The van der Waals surface area contributed by atoms with Crippen molar-refractivity contribution >= 4 is 5.97 Å². The van der Waals surface area contributed by atoms with Crippen molar-refractivity contribution in [1.29, 1.82) is 0 Å². The lowest BCUT2D eigenvalue weighted by Gasteiger charge is -2.02. The van der Waals surface area contributed by atoms with Gasteiger partial charge in [0, 0.05) is 6.42 Å². The van der Waals surface area contributed by atoms with Crippen LogP contribution in [0, 0.1) is 0 Å². The number of hydrogen-bond donors (Lipinski definition) is 0. The van der Waals surface area contributed by atoms with Crippen LogP contribution >= 0.6 is 0 Å². The molecule has 0 N–H and O–H groups in total. The molecule has 0 spiro atoms. The van der Waals surface area contributed by atoms with E-state index in [2.05, 4.69) is 11.7 Å². The minimum atomic E-state index is -0.0705. The Bertz CT molecular complexity index is 329. The van der Waals surface area contributed by atoms with E-state index in [4.69, 9.17) is 4.74 Å². The zero-order valence-electron chi connectivity index (χ0n) is 17.6. The van der Waals surface area contributed by atoms with E-state index in [1.165, 1.54) is 103 Å². The smallest absolute Gasteiger partial charge is 0.305 e. The Morgan fingerprint density at radius 1 is 0.692 bits per heavy atom. The molecule has 0 aromatic rings. The fraction of sp³-hybridized carbons (Fsp3) is 0.957. The van der Waals surface area contributed by atoms with E-state index >= 15 is 0 Å². The first kappa shape index (κ1) is 23.5. The van der Waals surface area contributed by atoms with Gasteiger partial charge in [-0.05, 0) is 19.3 Å². The monoisotopic (exact) mass is 368 g/mol. The van der Waals surface area contributed by atoms with Crippen LogP contribution in [0.5, 0.6) is 0 Å². The van der Waals surface area contributed by atoms with Crippen molar-refractivity contribution in [2.75, 3.05) is 7.11 Å². The fourth-order valence-electron chi connectivity index (χ4n) is 3.77. The van der Waals surface area contributed by atoms with Crippen LogP contribution in [0.1, 0.15) is 122 Å².